The molecule has 0 heterocycles. The fourth-order valence-corrected chi connectivity index (χ4v) is 2.14. The summed E-state index contributed by atoms with van der Waals surface area (Å²) in [4.78, 5) is 23.0. The van der Waals surface area contributed by atoms with E-state index in [1.807, 2.05) is 37.3 Å². The van der Waals surface area contributed by atoms with Crippen LogP contribution in [0.3, 0.4) is 0 Å². The zero-order chi connectivity index (χ0) is 15.5. The number of carbonyl (C=O) groups is 2. The lowest BCUT2D eigenvalue weighted by Crippen LogP contribution is -2.21. The van der Waals surface area contributed by atoms with Gasteiger partial charge in [0.05, 0.1) is 6.61 Å². The maximum Gasteiger partial charge on any atom is 0.305 e. The summed E-state index contributed by atoms with van der Waals surface area (Å²) >= 11 is 0. The van der Waals surface area contributed by atoms with Crippen LogP contribution in [0.4, 0.5) is 0 Å². The van der Waals surface area contributed by atoms with Crippen molar-refractivity contribution in [3.8, 4) is 0 Å². The topological polar surface area (TPSA) is 55.4 Å². The third-order valence-corrected chi connectivity index (χ3v) is 3.58. The molecule has 116 valence electrons. The number of esters is 1. The van der Waals surface area contributed by atoms with Crippen LogP contribution in [-0.2, 0) is 20.7 Å². The van der Waals surface area contributed by atoms with Crippen molar-refractivity contribution < 1.29 is 14.3 Å². The second kappa shape index (κ2) is 9.97. The Morgan fingerprint density at radius 1 is 1.24 bits per heavy atom. The highest BCUT2D eigenvalue weighted by molar-refractivity contribution is 5.76. The fraction of sp³-hybridized carbons (Fsp3) is 0.529. The van der Waals surface area contributed by atoms with Crippen LogP contribution in [0.2, 0.25) is 0 Å². The van der Waals surface area contributed by atoms with Crippen molar-refractivity contribution in [1.29, 1.82) is 0 Å². The zero-order valence-electron chi connectivity index (χ0n) is 12.9. The van der Waals surface area contributed by atoms with Crippen LogP contribution in [-0.4, -0.2) is 25.5 Å². The van der Waals surface area contributed by atoms with Crippen molar-refractivity contribution in [2.24, 2.45) is 5.92 Å². The van der Waals surface area contributed by atoms with E-state index >= 15 is 0 Å². The standard InChI is InChI=1S/C17H25NO3/c1-3-14(13-16(19)18-2)9-10-17(20)21-12-11-15-7-5-4-6-8-15/h4-8,14H,3,9-13H2,1-2H3,(H,18,19). The Balaban J connectivity index is 2.19. The molecule has 0 saturated carbocycles. The van der Waals surface area contributed by atoms with Gasteiger partial charge in [-0.05, 0) is 17.9 Å². The van der Waals surface area contributed by atoms with E-state index in [-0.39, 0.29) is 17.8 Å². The van der Waals surface area contributed by atoms with Crippen LogP contribution in [0.15, 0.2) is 30.3 Å². The first kappa shape index (κ1) is 17.2. The van der Waals surface area contributed by atoms with Crippen LogP contribution >= 0.6 is 0 Å². The predicted octanol–water partition coefficient (Wildman–Crippen LogP) is 2.71. The summed E-state index contributed by atoms with van der Waals surface area (Å²) in [6.45, 7) is 2.45. The smallest absolute Gasteiger partial charge is 0.305 e. The van der Waals surface area contributed by atoms with Crippen molar-refractivity contribution in [3.05, 3.63) is 35.9 Å². The van der Waals surface area contributed by atoms with E-state index in [4.69, 9.17) is 4.74 Å². The summed E-state index contributed by atoms with van der Waals surface area (Å²) in [7, 11) is 1.63. The lowest BCUT2D eigenvalue weighted by Gasteiger charge is -2.13. The highest BCUT2D eigenvalue weighted by Crippen LogP contribution is 2.15. The molecule has 0 saturated heterocycles. The molecule has 1 amide bonds. The molecule has 1 aromatic rings. The Kier molecular flexibility index (Phi) is 8.17. The van der Waals surface area contributed by atoms with Crippen LogP contribution in [0.1, 0.15) is 38.2 Å². The maximum atomic E-state index is 11.7. The summed E-state index contributed by atoms with van der Waals surface area (Å²) in [6.07, 6.45) is 3.19. The number of amides is 1. The van der Waals surface area contributed by atoms with Crippen molar-refractivity contribution >= 4 is 11.9 Å². The van der Waals surface area contributed by atoms with E-state index in [0.29, 0.717) is 25.9 Å². The van der Waals surface area contributed by atoms with E-state index in [2.05, 4.69) is 5.32 Å². The quantitative estimate of drug-likeness (QED) is 0.712. The number of nitrogens with one attached hydrogen (secondary N) is 1. The summed E-state index contributed by atoms with van der Waals surface area (Å²) in [5.74, 6) is 0.0900. The Bertz CT molecular complexity index is 431. The molecule has 0 aliphatic carbocycles. The molecule has 0 bridgehead atoms. The van der Waals surface area contributed by atoms with Gasteiger partial charge in [0.2, 0.25) is 5.91 Å². The van der Waals surface area contributed by atoms with Gasteiger partial charge in [0, 0.05) is 26.3 Å². The number of rotatable bonds is 9. The minimum atomic E-state index is -0.179. The average molecular weight is 291 g/mol. The zero-order valence-corrected chi connectivity index (χ0v) is 12.9. The van der Waals surface area contributed by atoms with Gasteiger partial charge in [-0.1, -0.05) is 43.7 Å². The third-order valence-electron chi connectivity index (χ3n) is 3.58. The van der Waals surface area contributed by atoms with Gasteiger partial charge in [0.25, 0.3) is 0 Å². The molecular weight excluding hydrogens is 266 g/mol. The van der Waals surface area contributed by atoms with Crippen molar-refractivity contribution in [2.45, 2.75) is 39.0 Å². The summed E-state index contributed by atoms with van der Waals surface area (Å²) < 4.78 is 5.23. The fourth-order valence-electron chi connectivity index (χ4n) is 2.14. The average Bonchev–Trinajstić information content (AvgIpc) is 2.52. The molecule has 1 rings (SSSR count). The van der Waals surface area contributed by atoms with E-state index in [0.717, 1.165) is 18.4 Å². The van der Waals surface area contributed by atoms with Crippen molar-refractivity contribution in [1.82, 2.24) is 5.32 Å². The third kappa shape index (κ3) is 7.49. The SMILES string of the molecule is CCC(CCC(=O)OCCc1ccccc1)CC(=O)NC. The highest BCUT2D eigenvalue weighted by atomic mass is 16.5. The largest absolute Gasteiger partial charge is 0.465 e. The molecule has 0 aliphatic heterocycles. The number of hydrogen-bond donors (Lipinski definition) is 1. The number of carbonyl (C=O) groups excluding carboxylic acids is 2. The normalized spacial score (nSPS) is 11.7. The van der Waals surface area contributed by atoms with Crippen LogP contribution < -0.4 is 5.32 Å². The molecule has 4 heteroatoms. The van der Waals surface area contributed by atoms with E-state index in [1.54, 1.807) is 7.05 Å². The lowest BCUT2D eigenvalue weighted by molar-refractivity contribution is -0.144. The molecule has 0 fully saturated rings. The van der Waals surface area contributed by atoms with Crippen molar-refractivity contribution in [3.63, 3.8) is 0 Å². The monoisotopic (exact) mass is 291 g/mol. The van der Waals surface area contributed by atoms with Gasteiger partial charge in [0.1, 0.15) is 0 Å². The molecule has 1 aromatic carbocycles. The second-order valence-electron chi connectivity index (χ2n) is 5.15. The molecule has 0 spiro atoms. The molecule has 1 N–H and O–H groups in total. The van der Waals surface area contributed by atoms with Gasteiger partial charge < -0.3 is 10.1 Å². The van der Waals surface area contributed by atoms with E-state index < -0.39 is 0 Å². The van der Waals surface area contributed by atoms with Gasteiger partial charge in [-0.3, -0.25) is 9.59 Å². The first-order valence-corrected chi connectivity index (χ1v) is 7.55. The van der Waals surface area contributed by atoms with Gasteiger partial charge in [-0.2, -0.15) is 0 Å². The van der Waals surface area contributed by atoms with Gasteiger partial charge in [-0.25, -0.2) is 0 Å². The summed E-state index contributed by atoms with van der Waals surface area (Å²) in [5, 5.41) is 2.61. The number of benzene rings is 1. The molecule has 0 aromatic heterocycles. The lowest BCUT2D eigenvalue weighted by atomic mass is 9.96. The summed E-state index contributed by atoms with van der Waals surface area (Å²) in [6, 6.07) is 9.95. The van der Waals surface area contributed by atoms with Crippen LogP contribution in [0.25, 0.3) is 0 Å². The highest BCUT2D eigenvalue weighted by Gasteiger charge is 2.13. The molecule has 1 unspecified atom stereocenters. The first-order valence-electron chi connectivity index (χ1n) is 7.55. The summed E-state index contributed by atoms with van der Waals surface area (Å²) in [5.41, 5.74) is 1.16. The molecule has 21 heavy (non-hydrogen) atoms. The van der Waals surface area contributed by atoms with E-state index in [1.165, 1.54) is 0 Å². The first-order chi connectivity index (χ1) is 10.2. The molecular formula is C17H25NO3. The minimum absolute atomic E-state index is 0.0271. The van der Waals surface area contributed by atoms with E-state index in [9.17, 15) is 9.59 Å². The van der Waals surface area contributed by atoms with Crippen LogP contribution in [0.5, 0.6) is 0 Å². The number of ether oxygens (including phenoxy) is 1. The molecule has 4 nitrogen and oxygen atoms in total. The molecule has 0 aliphatic rings. The molecule has 0 radical (unpaired) electrons. The van der Waals surface area contributed by atoms with Gasteiger partial charge in [0.15, 0.2) is 0 Å². The van der Waals surface area contributed by atoms with Gasteiger partial charge in [-0.15, -0.1) is 0 Å². The second-order valence-corrected chi connectivity index (χ2v) is 5.15. The Morgan fingerprint density at radius 3 is 2.57 bits per heavy atom. The van der Waals surface area contributed by atoms with Gasteiger partial charge >= 0.3 is 5.97 Å². The minimum Gasteiger partial charge on any atom is -0.465 e. The molecule has 1 atom stereocenters. The van der Waals surface area contributed by atoms with Crippen LogP contribution in [0, 0.1) is 5.92 Å². The Hall–Kier alpha value is -1.84. The predicted molar refractivity (Wildman–Crippen MR) is 82.8 cm³/mol. The number of hydrogen-bond acceptors (Lipinski definition) is 3. The van der Waals surface area contributed by atoms with Crippen molar-refractivity contribution in [2.75, 3.05) is 13.7 Å². The Labute approximate surface area is 126 Å². The maximum absolute atomic E-state index is 11.7. The Morgan fingerprint density at radius 2 is 1.95 bits per heavy atom.